The first-order valence-electron chi connectivity index (χ1n) is 6.96. The van der Waals surface area contributed by atoms with Crippen LogP contribution in [0.5, 0.6) is 0 Å². The van der Waals surface area contributed by atoms with Crippen LogP contribution < -0.4 is 0 Å². The number of halogens is 1. The topological polar surface area (TPSA) is 52.6 Å². The van der Waals surface area contributed by atoms with Crippen molar-refractivity contribution in [1.82, 2.24) is 0 Å². The average molecular weight is 316 g/mol. The highest BCUT2D eigenvalue weighted by molar-refractivity contribution is 6.05. The van der Waals surface area contributed by atoms with Gasteiger partial charge in [0.2, 0.25) is 0 Å². The minimum absolute atomic E-state index is 0.428. The number of methoxy groups -OCH3 is 2. The maximum absolute atomic E-state index is 15.3. The van der Waals surface area contributed by atoms with Crippen molar-refractivity contribution < 1.29 is 23.5 Å². The Kier molecular flexibility index (Phi) is 4.79. The summed E-state index contributed by atoms with van der Waals surface area (Å²) in [5.41, 5.74) is -2.56. The van der Waals surface area contributed by atoms with E-state index >= 15 is 4.39 Å². The van der Waals surface area contributed by atoms with Gasteiger partial charge in [-0.2, -0.15) is 0 Å². The van der Waals surface area contributed by atoms with Gasteiger partial charge in [-0.25, -0.2) is 14.0 Å². The smallest absolute Gasteiger partial charge is 0.356 e. The molecule has 2 aromatic carbocycles. The molecule has 0 unspecified atom stereocenters. The molecule has 0 fully saturated rings. The Labute approximate surface area is 133 Å². The van der Waals surface area contributed by atoms with Gasteiger partial charge in [0.1, 0.15) is 0 Å². The quantitative estimate of drug-likeness (QED) is 0.483. The lowest BCUT2D eigenvalue weighted by Gasteiger charge is -2.27. The maximum Gasteiger partial charge on any atom is 0.356 e. The van der Waals surface area contributed by atoms with E-state index in [0.717, 1.165) is 25.0 Å². The lowest BCUT2D eigenvalue weighted by atomic mass is 9.82. The third-order valence-corrected chi connectivity index (χ3v) is 3.76. The number of allylic oxidation sites excluding steroid dienone is 1. The zero-order valence-electron chi connectivity index (χ0n) is 12.9. The Balaban J connectivity index is 2.59. The number of alkyl halides is 1. The van der Waals surface area contributed by atoms with Gasteiger partial charge < -0.3 is 9.47 Å². The minimum Gasteiger partial charge on any atom is -0.466 e. The first kappa shape index (κ1) is 16.7. The number of carbonyl (C=O) groups excluding carboxylic acids is 2. The van der Waals surface area contributed by atoms with Crippen molar-refractivity contribution >= 4 is 22.7 Å². The molecule has 0 amide bonds. The summed E-state index contributed by atoms with van der Waals surface area (Å²) in [6, 6.07) is 12.6. The van der Waals surface area contributed by atoms with Crippen LogP contribution in [0.1, 0.15) is 11.5 Å². The summed E-state index contributed by atoms with van der Waals surface area (Å²) in [5, 5.41) is 1.81. The monoisotopic (exact) mass is 316 g/mol. The molecule has 5 heteroatoms. The minimum atomic E-state index is -2.99. The zero-order valence-corrected chi connectivity index (χ0v) is 12.9. The molecule has 2 rings (SSSR count). The van der Waals surface area contributed by atoms with E-state index < -0.39 is 23.5 Å². The number of hydrogen-bond donors (Lipinski definition) is 0. The largest absolute Gasteiger partial charge is 0.466 e. The van der Waals surface area contributed by atoms with Crippen LogP contribution in [0.2, 0.25) is 0 Å². The third-order valence-electron chi connectivity index (χ3n) is 3.76. The Hall–Kier alpha value is -2.69. The Morgan fingerprint density at radius 2 is 1.65 bits per heavy atom. The second-order valence-corrected chi connectivity index (χ2v) is 5.01. The Morgan fingerprint density at radius 1 is 1.09 bits per heavy atom. The highest BCUT2D eigenvalue weighted by Gasteiger charge is 2.55. The van der Waals surface area contributed by atoms with E-state index in [2.05, 4.69) is 16.1 Å². The first-order chi connectivity index (χ1) is 11.0. The predicted molar refractivity (Wildman–Crippen MR) is 84.8 cm³/mol. The van der Waals surface area contributed by atoms with Gasteiger partial charge in [-0.05, 0) is 16.3 Å². The molecular formula is C18H17FO4. The SMILES string of the molecule is C=C[C@@H](c1ccc2ccccc2c1)C(F)(C(=O)OC)C(=O)OC. The molecule has 0 spiro atoms. The highest BCUT2D eigenvalue weighted by Crippen LogP contribution is 2.36. The molecule has 2 aromatic rings. The standard InChI is InChI=1S/C18H17FO4/c1-4-15(18(19,16(20)22-2)17(21)23-3)14-10-9-12-7-5-6-8-13(12)11-14/h4-11,15H,1H2,2-3H3/t15-/m0/s1. The summed E-state index contributed by atoms with van der Waals surface area (Å²) < 4.78 is 24.2. The summed E-state index contributed by atoms with van der Waals surface area (Å²) in [5.74, 6) is -3.86. The zero-order chi connectivity index (χ0) is 17.0. The molecule has 0 bridgehead atoms. The number of fused-ring (bicyclic) bond motifs is 1. The molecule has 4 nitrogen and oxygen atoms in total. The second-order valence-electron chi connectivity index (χ2n) is 5.01. The fourth-order valence-corrected chi connectivity index (χ4v) is 2.56. The van der Waals surface area contributed by atoms with E-state index in [1.165, 1.54) is 6.08 Å². The number of ether oxygens (including phenoxy) is 2. The van der Waals surface area contributed by atoms with Crippen LogP contribution in [0.4, 0.5) is 4.39 Å². The van der Waals surface area contributed by atoms with Crippen molar-refractivity contribution in [1.29, 1.82) is 0 Å². The fourth-order valence-electron chi connectivity index (χ4n) is 2.56. The molecule has 0 aliphatic heterocycles. The van der Waals surface area contributed by atoms with Crippen LogP contribution in [-0.4, -0.2) is 31.8 Å². The lowest BCUT2D eigenvalue weighted by molar-refractivity contribution is -0.172. The summed E-state index contributed by atoms with van der Waals surface area (Å²) in [6.45, 7) is 3.56. The molecule has 0 heterocycles. The molecule has 0 N–H and O–H groups in total. The van der Waals surface area contributed by atoms with Gasteiger partial charge in [-0.15, -0.1) is 6.58 Å². The molecule has 0 saturated carbocycles. The third kappa shape index (κ3) is 2.82. The van der Waals surface area contributed by atoms with Crippen molar-refractivity contribution in [3.05, 3.63) is 60.7 Å². The van der Waals surface area contributed by atoms with Crippen LogP contribution >= 0.6 is 0 Å². The molecule has 0 aliphatic rings. The van der Waals surface area contributed by atoms with Gasteiger partial charge >= 0.3 is 17.6 Å². The van der Waals surface area contributed by atoms with Crippen LogP contribution in [0.3, 0.4) is 0 Å². The summed E-state index contributed by atoms with van der Waals surface area (Å²) >= 11 is 0. The molecule has 0 radical (unpaired) electrons. The Morgan fingerprint density at radius 3 is 2.17 bits per heavy atom. The molecule has 0 saturated heterocycles. The van der Waals surface area contributed by atoms with Crippen LogP contribution in [0, 0.1) is 0 Å². The van der Waals surface area contributed by atoms with Crippen LogP contribution in [-0.2, 0) is 19.1 Å². The first-order valence-corrected chi connectivity index (χ1v) is 6.96. The highest BCUT2D eigenvalue weighted by atomic mass is 19.1. The predicted octanol–water partition coefficient (Wildman–Crippen LogP) is 3.16. The summed E-state index contributed by atoms with van der Waals surface area (Å²) in [7, 11) is 2.03. The number of rotatable bonds is 5. The van der Waals surface area contributed by atoms with Gasteiger partial charge in [0, 0.05) is 0 Å². The number of esters is 2. The van der Waals surface area contributed by atoms with Gasteiger partial charge in [0.05, 0.1) is 20.1 Å². The van der Waals surface area contributed by atoms with Gasteiger partial charge in [0.15, 0.2) is 0 Å². The van der Waals surface area contributed by atoms with E-state index in [1.807, 2.05) is 24.3 Å². The van der Waals surface area contributed by atoms with Crippen LogP contribution in [0.15, 0.2) is 55.1 Å². The van der Waals surface area contributed by atoms with Crippen molar-refractivity contribution in [2.75, 3.05) is 14.2 Å². The van der Waals surface area contributed by atoms with E-state index in [1.54, 1.807) is 18.2 Å². The molecular weight excluding hydrogens is 299 g/mol. The lowest BCUT2D eigenvalue weighted by Crippen LogP contribution is -2.48. The maximum atomic E-state index is 15.3. The normalized spacial score (nSPS) is 12.5. The van der Waals surface area contributed by atoms with E-state index in [9.17, 15) is 9.59 Å². The molecule has 0 aromatic heterocycles. The van der Waals surface area contributed by atoms with Crippen molar-refractivity contribution in [3.63, 3.8) is 0 Å². The second kappa shape index (κ2) is 6.60. The molecule has 1 atom stereocenters. The number of benzene rings is 2. The summed E-state index contributed by atoms with van der Waals surface area (Å²) in [4.78, 5) is 23.9. The van der Waals surface area contributed by atoms with Crippen molar-refractivity contribution in [3.8, 4) is 0 Å². The van der Waals surface area contributed by atoms with E-state index in [-0.39, 0.29) is 0 Å². The van der Waals surface area contributed by atoms with Gasteiger partial charge in [-0.3, -0.25) is 0 Å². The van der Waals surface area contributed by atoms with E-state index in [0.29, 0.717) is 5.56 Å². The van der Waals surface area contributed by atoms with Crippen molar-refractivity contribution in [2.24, 2.45) is 0 Å². The number of hydrogen-bond acceptors (Lipinski definition) is 4. The van der Waals surface area contributed by atoms with E-state index in [4.69, 9.17) is 0 Å². The average Bonchev–Trinajstić information content (AvgIpc) is 2.60. The molecule has 120 valence electrons. The van der Waals surface area contributed by atoms with Crippen molar-refractivity contribution in [2.45, 2.75) is 11.6 Å². The number of carbonyl (C=O) groups is 2. The van der Waals surface area contributed by atoms with Gasteiger partial charge in [-0.1, -0.05) is 48.5 Å². The van der Waals surface area contributed by atoms with Crippen LogP contribution in [0.25, 0.3) is 10.8 Å². The Bertz CT molecular complexity index is 738. The molecule has 23 heavy (non-hydrogen) atoms. The summed E-state index contributed by atoms with van der Waals surface area (Å²) in [6.07, 6.45) is 1.21. The fraction of sp³-hybridized carbons (Fsp3) is 0.222. The van der Waals surface area contributed by atoms with Gasteiger partial charge in [0.25, 0.3) is 0 Å². The molecule has 0 aliphatic carbocycles.